The van der Waals surface area contributed by atoms with Gasteiger partial charge in [-0.3, -0.25) is 9.78 Å². The number of carbonyl (C=O) groups is 1. The summed E-state index contributed by atoms with van der Waals surface area (Å²) in [5.41, 5.74) is 1.03. The Bertz CT molecular complexity index is 897. The number of hydrogen-bond acceptors (Lipinski definition) is 5. The molecule has 0 unspecified atom stereocenters. The van der Waals surface area contributed by atoms with Gasteiger partial charge in [-0.15, -0.1) is 0 Å². The van der Waals surface area contributed by atoms with Crippen molar-refractivity contribution in [3.05, 3.63) is 78.8 Å². The summed E-state index contributed by atoms with van der Waals surface area (Å²) in [6, 6.07) is 16.8. The summed E-state index contributed by atoms with van der Waals surface area (Å²) in [5.74, 6) is 1.80. The smallest absolute Gasteiger partial charge is 0.261 e. The van der Waals surface area contributed by atoms with Crippen molar-refractivity contribution in [3.63, 3.8) is 0 Å². The van der Waals surface area contributed by atoms with E-state index in [1.807, 2.05) is 29.2 Å². The molecule has 1 aliphatic rings. The van der Waals surface area contributed by atoms with Crippen molar-refractivity contribution in [2.24, 2.45) is 0 Å². The van der Waals surface area contributed by atoms with Crippen LogP contribution in [0.4, 0.5) is 0 Å². The van der Waals surface area contributed by atoms with E-state index in [4.69, 9.17) is 9.47 Å². The highest BCUT2D eigenvalue weighted by Gasteiger charge is 2.32. The first-order valence-corrected chi connectivity index (χ1v) is 9.28. The van der Waals surface area contributed by atoms with E-state index in [-0.39, 0.29) is 12.5 Å². The van der Waals surface area contributed by atoms with Crippen molar-refractivity contribution < 1.29 is 14.3 Å². The van der Waals surface area contributed by atoms with Gasteiger partial charge in [0.2, 0.25) is 5.88 Å². The lowest BCUT2D eigenvalue weighted by Crippen LogP contribution is -2.36. The van der Waals surface area contributed by atoms with E-state index in [1.54, 1.807) is 48.9 Å². The van der Waals surface area contributed by atoms with E-state index in [0.717, 1.165) is 18.4 Å². The Labute approximate surface area is 163 Å². The highest BCUT2D eigenvalue weighted by atomic mass is 16.5. The quantitative estimate of drug-likeness (QED) is 0.599. The molecule has 0 atom stereocenters. The summed E-state index contributed by atoms with van der Waals surface area (Å²) >= 11 is 0. The first-order chi connectivity index (χ1) is 13.8. The zero-order valence-corrected chi connectivity index (χ0v) is 15.4. The fraction of sp³-hybridized carbons (Fsp3) is 0.227. The SMILES string of the molecule is O=C(COc1ccc(Oc2ccccn2)cc1)N(Cc1cccnc1)C1CC1. The second-order valence-corrected chi connectivity index (χ2v) is 6.64. The lowest BCUT2D eigenvalue weighted by Gasteiger charge is -2.22. The minimum atomic E-state index is -0.0137. The van der Waals surface area contributed by atoms with Gasteiger partial charge in [-0.2, -0.15) is 0 Å². The van der Waals surface area contributed by atoms with E-state index < -0.39 is 0 Å². The largest absolute Gasteiger partial charge is 0.484 e. The van der Waals surface area contributed by atoms with E-state index in [2.05, 4.69) is 9.97 Å². The fourth-order valence-corrected chi connectivity index (χ4v) is 2.86. The monoisotopic (exact) mass is 375 g/mol. The van der Waals surface area contributed by atoms with Crippen molar-refractivity contribution in [2.45, 2.75) is 25.4 Å². The van der Waals surface area contributed by atoms with Crippen LogP contribution in [-0.2, 0) is 11.3 Å². The molecule has 1 amide bonds. The number of amides is 1. The van der Waals surface area contributed by atoms with Crippen LogP contribution in [0.3, 0.4) is 0 Å². The van der Waals surface area contributed by atoms with Gasteiger partial charge in [0, 0.05) is 37.2 Å². The van der Waals surface area contributed by atoms with Crippen molar-refractivity contribution in [1.29, 1.82) is 0 Å². The highest BCUT2D eigenvalue weighted by Crippen LogP contribution is 2.28. The van der Waals surface area contributed by atoms with Crippen LogP contribution in [0.5, 0.6) is 17.4 Å². The maximum atomic E-state index is 12.7. The summed E-state index contributed by atoms with van der Waals surface area (Å²) in [7, 11) is 0. The van der Waals surface area contributed by atoms with Crippen LogP contribution in [-0.4, -0.2) is 33.4 Å². The number of nitrogens with zero attached hydrogens (tertiary/aromatic N) is 3. The molecule has 0 bridgehead atoms. The number of benzene rings is 1. The summed E-state index contributed by atoms with van der Waals surface area (Å²) in [6.07, 6.45) is 7.30. The van der Waals surface area contributed by atoms with Gasteiger partial charge in [0.05, 0.1) is 0 Å². The van der Waals surface area contributed by atoms with Gasteiger partial charge in [0.25, 0.3) is 5.91 Å². The highest BCUT2D eigenvalue weighted by molar-refractivity contribution is 5.78. The third kappa shape index (κ3) is 4.85. The molecule has 142 valence electrons. The van der Waals surface area contributed by atoms with Crippen LogP contribution in [0.15, 0.2) is 73.2 Å². The molecule has 0 spiro atoms. The first kappa shape index (κ1) is 18.0. The molecule has 0 aliphatic heterocycles. The molecular formula is C22H21N3O3. The normalized spacial score (nSPS) is 13.0. The average molecular weight is 375 g/mol. The summed E-state index contributed by atoms with van der Waals surface area (Å²) in [6.45, 7) is 0.578. The van der Waals surface area contributed by atoms with Gasteiger partial charge < -0.3 is 14.4 Å². The van der Waals surface area contributed by atoms with E-state index in [0.29, 0.717) is 30.0 Å². The van der Waals surface area contributed by atoms with Crippen LogP contribution in [0.2, 0.25) is 0 Å². The van der Waals surface area contributed by atoms with Gasteiger partial charge >= 0.3 is 0 Å². The average Bonchev–Trinajstić information content (AvgIpc) is 3.58. The Hall–Kier alpha value is -3.41. The Balaban J connectivity index is 1.32. The van der Waals surface area contributed by atoms with Crippen LogP contribution < -0.4 is 9.47 Å². The Kier molecular flexibility index (Phi) is 5.47. The molecule has 2 heterocycles. The summed E-state index contributed by atoms with van der Waals surface area (Å²) in [5, 5.41) is 0. The second kappa shape index (κ2) is 8.52. The van der Waals surface area contributed by atoms with Crippen LogP contribution in [0.1, 0.15) is 18.4 Å². The topological polar surface area (TPSA) is 64.6 Å². The lowest BCUT2D eigenvalue weighted by molar-refractivity contribution is -0.134. The van der Waals surface area contributed by atoms with Gasteiger partial charge in [-0.25, -0.2) is 4.98 Å². The minimum Gasteiger partial charge on any atom is -0.484 e. The molecule has 1 aromatic carbocycles. The van der Waals surface area contributed by atoms with Gasteiger partial charge in [-0.05, 0) is 54.8 Å². The Morgan fingerprint density at radius 3 is 2.50 bits per heavy atom. The van der Waals surface area contributed by atoms with Crippen molar-refractivity contribution in [1.82, 2.24) is 14.9 Å². The van der Waals surface area contributed by atoms with E-state index in [1.165, 1.54) is 0 Å². The second-order valence-electron chi connectivity index (χ2n) is 6.64. The molecule has 3 aromatic rings. The minimum absolute atomic E-state index is 0.0111. The molecule has 6 nitrogen and oxygen atoms in total. The predicted molar refractivity (Wildman–Crippen MR) is 104 cm³/mol. The zero-order chi connectivity index (χ0) is 19.2. The lowest BCUT2D eigenvalue weighted by atomic mass is 10.2. The van der Waals surface area contributed by atoms with Crippen molar-refractivity contribution in [3.8, 4) is 17.4 Å². The number of carbonyl (C=O) groups excluding carboxylic acids is 1. The number of aromatic nitrogens is 2. The maximum absolute atomic E-state index is 12.7. The van der Waals surface area contributed by atoms with Crippen LogP contribution in [0, 0.1) is 0 Å². The number of ether oxygens (including phenoxy) is 2. The molecule has 6 heteroatoms. The molecule has 2 aromatic heterocycles. The molecule has 1 fully saturated rings. The number of pyridine rings is 2. The van der Waals surface area contributed by atoms with Gasteiger partial charge in [0.1, 0.15) is 11.5 Å². The standard InChI is InChI=1S/C22H21N3O3/c26-22(25(18-6-7-18)15-17-4-3-12-23-14-17)16-27-19-8-10-20(11-9-19)28-21-5-1-2-13-24-21/h1-5,8-14,18H,6-7,15-16H2. The third-order valence-electron chi connectivity index (χ3n) is 4.43. The maximum Gasteiger partial charge on any atom is 0.261 e. The van der Waals surface area contributed by atoms with E-state index >= 15 is 0 Å². The van der Waals surface area contributed by atoms with Gasteiger partial charge in [0.15, 0.2) is 6.61 Å². The fourth-order valence-electron chi connectivity index (χ4n) is 2.86. The number of hydrogen-bond donors (Lipinski definition) is 0. The molecule has 0 N–H and O–H groups in total. The molecule has 4 rings (SSSR count). The molecule has 0 saturated heterocycles. The molecule has 0 radical (unpaired) electrons. The van der Waals surface area contributed by atoms with Crippen LogP contribution >= 0.6 is 0 Å². The first-order valence-electron chi connectivity index (χ1n) is 9.28. The van der Waals surface area contributed by atoms with Crippen molar-refractivity contribution >= 4 is 5.91 Å². The molecule has 28 heavy (non-hydrogen) atoms. The predicted octanol–water partition coefficient (Wildman–Crippen LogP) is 3.84. The zero-order valence-electron chi connectivity index (χ0n) is 15.4. The van der Waals surface area contributed by atoms with Crippen LogP contribution in [0.25, 0.3) is 0 Å². The summed E-state index contributed by atoms with van der Waals surface area (Å²) < 4.78 is 11.3. The molecule has 1 saturated carbocycles. The van der Waals surface area contributed by atoms with Gasteiger partial charge in [-0.1, -0.05) is 12.1 Å². The third-order valence-corrected chi connectivity index (χ3v) is 4.43. The Morgan fingerprint density at radius 1 is 1.00 bits per heavy atom. The molecule has 1 aliphatic carbocycles. The molecular weight excluding hydrogens is 354 g/mol. The summed E-state index contributed by atoms with van der Waals surface area (Å²) in [4.78, 5) is 22.8. The van der Waals surface area contributed by atoms with E-state index in [9.17, 15) is 4.79 Å². The van der Waals surface area contributed by atoms with Crippen molar-refractivity contribution in [2.75, 3.05) is 6.61 Å². The number of rotatable bonds is 8. The Morgan fingerprint density at radius 2 is 1.82 bits per heavy atom.